The van der Waals surface area contributed by atoms with Crippen LogP contribution in [0.2, 0.25) is 0 Å². The molecule has 1 atom stereocenters. The fourth-order valence-electron chi connectivity index (χ4n) is 3.39. The number of hydrogen-bond acceptors (Lipinski definition) is 6. The van der Waals surface area contributed by atoms with Crippen molar-refractivity contribution in [3.8, 4) is 0 Å². The summed E-state index contributed by atoms with van der Waals surface area (Å²) in [6.07, 6.45) is 2.99. The van der Waals surface area contributed by atoms with Crippen molar-refractivity contribution in [1.82, 2.24) is 9.71 Å². The Labute approximate surface area is 175 Å². The van der Waals surface area contributed by atoms with Crippen LogP contribution in [0.1, 0.15) is 27.5 Å². The maximum absolute atomic E-state index is 13.2. The van der Waals surface area contributed by atoms with Gasteiger partial charge >= 0.3 is 0 Å². The van der Waals surface area contributed by atoms with E-state index in [-0.39, 0.29) is 15.6 Å². The lowest BCUT2D eigenvalue weighted by Crippen LogP contribution is -2.32. The van der Waals surface area contributed by atoms with E-state index in [1.165, 1.54) is 12.3 Å². The highest BCUT2D eigenvalue weighted by Crippen LogP contribution is 2.31. The molecule has 2 aromatic heterocycles. The van der Waals surface area contributed by atoms with E-state index in [1.54, 1.807) is 55.8 Å². The SMILES string of the molecule is Cc1cc(C)c(S(=O)(=O)NC[C@@H](c2cccnc2)S(=O)(=O)c2cccs2)c(C)c1. The van der Waals surface area contributed by atoms with Gasteiger partial charge in [0, 0.05) is 18.9 Å². The molecule has 0 aliphatic heterocycles. The van der Waals surface area contributed by atoms with Crippen LogP contribution in [0.3, 0.4) is 0 Å². The Bertz CT molecular complexity index is 1180. The summed E-state index contributed by atoms with van der Waals surface area (Å²) in [5.41, 5.74) is 2.64. The van der Waals surface area contributed by atoms with E-state index in [0.717, 1.165) is 16.9 Å². The third kappa shape index (κ3) is 4.58. The van der Waals surface area contributed by atoms with Crippen molar-refractivity contribution in [1.29, 1.82) is 0 Å². The van der Waals surface area contributed by atoms with Gasteiger partial charge in [0.1, 0.15) is 9.46 Å². The van der Waals surface area contributed by atoms with Crippen LogP contribution in [0.4, 0.5) is 0 Å². The minimum absolute atomic E-state index is 0.182. The van der Waals surface area contributed by atoms with Crippen LogP contribution in [0.15, 0.2) is 63.3 Å². The lowest BCUT2D eigenvalue weighted by Gasteiger charge is -2.19. The fraction of sp³-hybridized carbons (Fsp3) is 0.250. The van der Waals surface area contributed by atoms with Gasteiger partial charge in [-0.2, -0.15) is 0 Å². The number of benzene rings is 1. The number of pyridine rings is 1. The molecule has 154 valence electrons. The van der Waals surface area contributed by atoms with Gasteiger partial charge in [-0.15, -0.1) is 11.3 Å². The molecule has 0 unspecified atom stereocenters. The van der Waals surface area contributed by atoms with E-state index in [1.807, 2.05) is 6.92 Å². The molecule has 0 aliphatic carbocycles. The molecule has 2 heterocycles. The molecular weight excluding hydrogens is 428 g/mol. The van der Waals surface area contributed by atoms with Crippen LogP contribution < -0.4 is 4.72 Å². The van der Waals surface area contributed by atoms with Gasteiger partial charge in [0.25, 0.3) is 0 Å². The molecule has 0 fully saturated rings. The van der Waals surface area contributed by atoms with Crippen LogP contribution in [0.5, 0.6) is 0 Å². The summed E-state index contributed by atoms with van der Waals surface area (Å²) in [7, 11) is -7.69. The predicted molar refractivity (Wildman–Crippen MR) is 114 cm³/mol. The number of sulfonamides is 1. The first-order valence-corrected chi connectivity index (χ1v) is 12.8. The summed E-state index contributed by atoms with van der Waals surface area (Å²) in [5.74, 6) is 0. The Kier molecular flexibility index (Phi) is 6.23. The average Bonchev–Trinajstić information content (AvgIpc) is 3.17. The van der Waals surface area contributed by atoms with Crippen LogP contribution in [-0.2, 0) is 19.9 Å². The number of hydrogen-bond donors (Lipinski definition) is 1. The Morgan fingerprint density at radius 1 is 1.03 bits per heavy atom. The van der Waals surface area contributed by atoms with Crippen molar-refractivity contribution in [3.63, 3.8) is 0 Å². The first-order valence-electron chi connectivity index (χ1n) is 8.88. The van der Waals surface area contributed by atoms with Gasteiger partial charge in [0.15, 0.2) is 9.84 Å². The number of aromatic nitrogens is 1. The molecule has 9 heteroatoms. The molecule has 0 saturated carbocycles. The number of nitrogens with zero attached hydrogens (tertiary/aromatic N) is 1. The summed E-state index contributed by atoms with van der Waals surface area (Å²) in [6, 6.07) is 10.0. The lowest BCUT2D eigenvalue weighted by atomic mass is 10.1. The molecule has 3 rings (SSSR count). The van der Waals surface area contributed by atoms with Crippen molar-refractivity contribution >= 4 is 31.2 Å². The van der Waals surface area contributed by atoms with Gasteiger partial charge in [-0.25, -0.2) is 21.6 Å². The quantitative estimate of drug-likeness (QED) is 0.594. The predicted octanol–water partition coefficient (Wildman–Crippen LogP) is 3.56. The first kappa shape index (κ1) is 21.6. The molecule has 3 aromatic rings. The van der Waals surface area contributed by atoms with E-state index in [4.69, 9.17) is 0 Å². The molecule has 0 radical (unpaired) electrons. The first-order chi connectivity index (χ1) is 13.6. The highest BCUT2D eigenvalue weighted by atomic mass is 32.2. The molecule has 1 aromatic carbocycles. The Morgan fingerprint density at radius 2 is 1.72 bits per heavy atom. The van der Waals surface area contributed by atoms with Gasteiger partial charge in [-0.1, -0.05) is 29.8 Å². The Balaban J connectivity index is 1.98. The summed E-state index contributed by atoms with van der Waals surface area (Å²) in [6.45, 7) is 5.07. The largest absolute Gasteiger partial charge is 0.264 e. The third-order valence-electron chi connectivity index (χ3n) is 4.54. The zero-order chi connectivity index (χ0) is 21.2. The van der Waals surface area contributed by atoms with Crippen LogP contribution >= 0.6 is 11.3 Å². The van der Waals surface area contributed by atoms with Crippen molar-refractivity contribution in [2.75, 3.05) is 6.54 Å². The van der Waals surface area contributed by atoms with Crippen LogP contribution in [0.25, 0.3) is 0 Å². The second-order valence-electron chi connectivity index (χ2n) is 6.83. The lowest BCUT2D eigenvalue weighted by molar-refractivity contribution is 0.569. The van der Waals surface area contributed by atoms with E-state index >= 15 is 0 Å². The molecule has 0 amide bonds. The van der Waals surface area contributed by atoms with E-state index in [0.29, 0.717) is 16.7 Å². The summed E-state index contributed by atoms with van der Waals surface area (Å²) < 4.78 is 55.1. The van der Waals surface area contributed by atoms with Gasteiger partial charge in [-0.05, 0) is 55.0 Å². The molecule has 0 spiro atoms. The normalized spacial score (nSPS) is 13.3. The maximum atomic E-state index is 13.2. The van der Waals surface area contributed by atoms with Crippen LogP contribution in [0, 0.1) is 20.8 Å². The average molecular weight is 451 g/mol. The van der Waals surface area contributed by atoms with E-state index in [9.17, 15) is 16.8 Å². The van der Waals surface area contributed by atoms with E-state index < -0.39 is 25.1 Å². The van der Waals surface area contributed by atoms with Crippen molar-refractivity contribution in [3.05, 3.63) is 76.4 Å². The molecule has 0 aliphatic rings. The van der Waals surface area contributed by atoms with Crippen molar-refractivity contribution in [2.24, 2.45) is 0 Å². The van der Waals surface area contributed by atoms with Gasteiger partial charge < -0.3 is 0 Å². The highest BCUT2D eigenvalue weighted by Gasteiger charge is 2.32. The number of thiophene rings is 1. The van der Waals surface area contributed by atoms with Crippen molar-refractivity contribution < 1.29 is 16.8 Å². The molecule has 1 N–H and O–H groups in total. The smallest absolute Gasteiger partial charge is 0.241 e. The molecule has 6 nitrogen and oxygen atoms in total. The number of aryl methyl sites for hydroxylation is 3. The third-order valence-corrected chi connectivity index (χ3v) is 9.80. The number of sulfone groups is 1. The molecular formula is C20H22N2O4S3. The summed E-state index contributed by atoms with van der Waals surface area (Å²) >= 11 is 1.10. The minimum Gasteiger partial charge on any atom is -0.264 e. The summed E-state index contributed by atoms with van der Waals surface area (Å²) in [4.78, 5) is 4.18. The number of nitrogens with one attached hydrogen (secondary N) is 1. The molecule has 0 saturated heterocycles. The van der Waals surface area contributed by atoms with Crippen molar-refractivity contribution in [2.45, 2.75) is 35.1 Å². The monoisotopic (exact) mass is 450 g/mol. The number of rotatable bonds is 7. The van der Waals surface area contributed by atoms with Crippen LogP contribution in [-0.4, -0.2) is 28.4 Å². The molecule has 0 bridgehead atoms. The summed E-state index contributed by atoms with van der Waals surface area (Å²) in [5, 5.41) is 0.590. The highest BCUT2D eigenvalue weighted by molar-refractivity contribution is 7.93. The second kappa shape index (κ2) is 8.35. The minimum atomic E-state index is -3.90. The van der Waals surface area contributed by atoms with Gasteiger partial charge in [-0.3, -0.25) is 4.98 Å². The zero-order valence-corrected chi connectivity index (χ0v) is 18.7. The standard InChI is InChI=1S/C20H22N2O4S3/c1-14-10-15(2)20(16(3)11-14)29(25,26)22-13-18(17-6-4-8-21-12-17)28(23,24)19-7-5-9-27-19/h4-12,18,22H,13H2,1-3H3/t18-/m0/s1. The Morgan fingerprint density at radius 3 is 2.28 bits per heavy atom. The van der Waals surface area contributed by atoms with Gasteiger partial charge in [0.2, 0.25) is 10.0 Å². The van der Waals surface area contributed by atoms with Gasteiger partial charge in [0.05, 0.1) is 4.90 Å². The Hall–Kier alpha value is -2.07. The molecule has 29 heavy (non-hydrogen) atoms. The zero-order valence-electron chi connectivity index (χ0n) is 16.3. The van der Waals surface area contributed by atoms with E-state index in [2.05, 4.69) is 9.71 Å². The fourth-order valence-corrected chi connectivity index (χ4v) is 7.84. The maximum Gasteiger partial charge on any atom is 0.241 e. The topological polar surface area (TPSA) is 93.2 Å². The second-order valence-corrected chi connectivity index (χ2v) is 11.8.